The van der Waals surface area contributed by atoms with Gasteiger partial charge in [-0.25, -0.2) is 9.59 Å². The highest BCUT2D eigenvalue weighted by Gasteiger charge is 2.34. The monoisotopic (exact) mass is 290 g/mol. The predicted octanol–water partition coefficient (Wildman–Crippen LogP) is 0.995. The lowest BCUT2D eigenvalue weighted by atomic mass is 9.84. The third-order valence-electron chi connectivity index (χ3n) is 4.22. The molecule has 3 aliphatic heterocycles. The molecule has 1 atom stereocenters. The number of carboxylic acid groups (broad SMARTS) is 1. The summed E-state index contributed by atoms with van der Waals surface area (Å²) in [5.74, 6) is -0.520. The maximum Gasteiger partial charge on any atom is 0.337 e. The standard InChI is InChI=1S/C14H18N4O3/c19-13(20)10-5-11(7-15-6-10)16-14(21)17-12-8-18-3-1-9(12)2-4-18/h5-7,9,12H,1-4,8H2,(H,19,20)(H2,16,17,21). The fourth-order valence-corrected chi connectivity index (χ4v) is 3.09. The largest absolute Gasteiger partial charge is 0.478 e. The Bertz CT molecular complexity index is 555. The summed E-state index contributed by atoms with van der Waals surface area (Å²) in [4.78, 5) is 29.1. The van der Waals surface area contributed by atoms with Gasteiger partial charge in [-0.15, -0.1) is 0 Å². The third-order valence-corrected chi connectivity index (χ3v) is 4.22. The Hall–Kier alpha value is -2.15. The Morgan fingerprint density at radius 2 is 2.05 bits per heavy atom. The maximum absolute atomic E-state index is 12.0. The van der Waals surface area contributed by atoms with Crippen molar-refractivity contribution < 1.29 is 14.7 Å². The Labute approximate surface area is 122 Å². The number of nitrogens with one attached hydrogen (secondary N) is 2. The number of piperidine rings is 3. The van der Waals surface area contributed by atoms with Crippen molar-refractivity contribution in [2.75, 3.05) is 25.0 Å². The van der Waals surface area contributed by atoms with E-state index >= 15 is 0 Å². The summed E-state index contributed by atoms with van der Waals surface area (Å²) < 4.78 is 0. The minimum Gasteiger partial charge on any atom is -0.478 e. The molecule has 4 rings (SSSR count). The van der Waals surface area contributed by atoms with E-state index in [0.717, 1.165) is 32.5 Å². The van der Waals surface area contributed by atoms with Crippen LogP contribution in [0.4, 0.5) is 10.5 Å². The minimum absolute atomic E-state index is 0.0515. The van der Waals surface area contributed by atoms with E-state index in [1.807, 2.05) is 0 Å². The van der Waals surface area contributed by atoms with Crippen LogP contribution in [0.5, 0.6) is 0 Å². The predicted molar refractivity (Wildman–Crippen MR) is 76.3 cm³/mol. The number of aromatic nitrogens is 1. The summed E-state index contributed by atoms with van der Waals surface area (Å²) in [6.07, 6.45) is 4.93. The molecule has 3 saturated heterocycles. The lowest BCUT2D eigenvalue weighted by Gasteiger charge is -2.44. The van der Waals surface area contributed by atoms with Crippen LogP contribution in [0, 0.1) is 5.92 Å². The van der Waals surface area contributed by atoms with E-state index in [4.69, 9.17) is 5.11 Å². The molecule has 3 aliphatic rings. The Kier molecular flexibility index (Phi) is 3.74. The van der Waals surface area contributed by atoms with Crippen LogP contribution >= 0.6 is 0 Å². The summed E-state index contributed by atoms with van der Waals surface area (Å²) in [6.45, 7) is 3.13. The van der Waals surface area contributed by atoms with Crippen LogP contribution in [0.15, 0.2) is 18.5 Å². The molecule has 7 nitrogen and oxygen atoms in total. The number of rotatable bonds is 3. The number of carbonyl (C=O) groups excluding carboxylic acids is 1. The van der Waals surface area contributed by atoms with Gasteiger partial charge < -0.3 is 20.6 Å². The number of hydrogen-bond acceptors (Lipinski definition) is 4. The zero-order valence-corrected chi connectivity index (χ0v) is 11.6. The highest BCUT2D eigenvalue weighted by molar-refractivity contribution is 5.92. The molecule has 0 aliphatic carbocycles. The first-order chi connectivity index (χ1) is 10.1. The number of hydrogen-bond donors (Lipinski definition) is 3. The third kappa shape index (κ3) is 3.13. The number of pyridine rings is 1. The van der Waals surface area contributed by atoms with Gasteiger partial charge in [-0.05, 0) is 37.9 Å². The van der Waals surface area contributed by atoms with Gasteiger partial charge in [0.05, 0.1) is 17.4 Å². The molecule has 1 unspecified atom stereocenters. The molecule has 21 heavy (non-hydrogen) atoms. The van der Waals surface area contributed by atoms with Crippen molar-refractivity contribution in [3.05, 3.63) is 24.0 Å². The summed E-state index contributed by atoms with van der Waals surface area (Å²) in [6, 6.07) is 1.26. The molecule has 3 fully saturated rings. The highest BCUT2D eigenvalue weighted by atomic mass is 16.4. The van der Waals surface area contributed by atoms with Crippen molar-refractivity contribution >= 4 is 17.7 Å². The van der Waals surface area contributed by atoms with E-state index in [9.17, 15) is 9.59 Å². The minimum atomic E-state index is -1.07. The molecule has 112 valence electrons. The Morgan fingerprint density at radius 1 is 1.29 bits per heavy atom. The number of fused-ring (bicyclic) bond motifs is 3. The number of urea groups is 1. The summed E-state index contributed by atoms with van der Waals surface area (Å²) in [7, 11) is 0. The van der Waals surface area contributed by atoms with Gasteiger partial charge in [-0.2, -0.15) is 0 Å². The van der Waals surface area contributed by atoms with Crippen molar-refractivity contribution in [1.82, 2.24) is 15.2 Å². The average molecular weight is 290 g/mol. The summed E-state index contributed by atoms with van der Waals surface area (Å²) >= 11 is 0. The fraction of sp³-hybridized carbons (Fsp3) is 0.500. The normalized spacial score (nSPS) is 27.1. The highest BCUT2D eigenvalue weighted by Crippen LogP contribution is 2.27. The lowest BCUT2D eigenvalue weighted by molar-refractivity contribution is 0.0696. The maximum atomic E-state index is 12.0. The van der Waals surface area contributed by atoms with E-state index < -0.39 is 5.97 Å². The molecule has 1 aromatic heterocycles. The molecule has 0 aromatic carbocycles. The molecule has 0 spiro atoms. The van der Waals surface area contributed by atoms with Gasteiger partial charge in [-0.1, -0.05) is 0 Å². The first kappa shape index (κ1) is 13.8. The van der Waals surface area contributed by atoms with Crippen molar-refractivity contribution in [3.8, 4) is 0 Å². The number of aromatic carboxylic acids is 1. The van der Waals surface area contributed by atoms with Crippen LogP contribution < -0.4 is 10.6 Å². The van der Waals surface area contributed by atoms with Gasteiger partial charge in [0.15, 0.2) is 0 Å². The van der Waals surface area contributed by atoms with Gasteiger partial charge >= 0.3 is 12.0 Å². The van der Waals surface area contributed by atoms with E-state index in [2.05, 4.69) is 20.5 Å². The summed E-state index contributed by atoms with van der Waals surface area (Å²) in [5, 5.41) is 14.5. The molecule has 2 amide bonds. The first-order valence-corrected chi connectivity index (χ1v) is 7.10. The van der Waals surface area contributed by atoms with Crippen LogP contribution in [-0.2, 0) is 0 Å². The fourth-order valence-electron chi connectivity index (χ4n) is 3.09. The molecular weight excluding hydrogens is 272 g/mol. The van der Waals surface area contributed by atoms with Crippen LogP contribution in [0.2, 0.25) is 0 Å². The number of anilines is 1. The SMILES string of the molecule is O=C(Nc1cncc(C(=O)O)c1)NC1CN2CCC1CC2. The summed E-state index contributed by atoms with van der Waals surface area (Å²) in [5.41, 5.74) is 0.435. The van der Waals surface area contributed by atoms with Crippen molar-refractivity contribution in [3.63, 3.8) is 0 Å². The topological polar surface area (TPSA) is 94.6 Å². The van der Waals surface area contributed by atoms with E-state index in [-0.39, 0.29) is 17.6 Å². The molecule has 3 N–H and O–H groups in total. The Morgan fingerprint density at radius 3 is 2.67 bits per heavy atom. The van der Waals surface area contributed by atoms with E-state index in [1.54, 1.807) is 0 Å². The number of amides is 2. The van der Waals surface area contributed by atoms with Crippen LogP contribution in [-0.4, -0.2) is 52.7 Å². The number of carbonyl (C=O) groups is 2. The number of nitrogens with zero attached hydrogens (tertiary/aromatic N) is 2. The molecule has 2 bridgehead atoms. The van der Waals surface area contributed by atoms with Crippen molar-refractivity contribution in [2.45, 2.75) is 18.9 Å². The lowest BCUT2D eigenvalue weighted by Crippen LogP contribution is -2.57. The van der Waals surface area contributed by atoms with Gasteiger partial charge in [0.2, 0.25) is 0 Å². The molecule has 0 saturated carbocycles. The quantitative estimate of drug-likeness (QED) is 0.772. The van der Waals surface area contributed by atoms with Gasteiger partial charge in [0.25, 0.3) is 0 Å². The first-order valence-electron chi connectivity index (χ1n) is 7.10. The van der Waals surface area contributed by atoms with Crippen LogP contribution in [0.1, 0.15) is 23.2 Å². The second kappa shape index (κ2) is 5.69. The van der Waals surface area contributed by atoms with Gasteiger partial charge in [0, 0.05) is 18.8 Å². The Balaban J connectivity index is 1.59. The molecule has 4 heterocycles. The zero-order valence-electron chi connectivity index (χ0n) is 11.6. The average Bonchev–Trinajstić information content (AvgIpc) is 2.48. The van der Waals surface area contributed by atoms with E-state index in [1.165, 1.54) is 18.5 Å². The second-order valence-corrected chi connectivity index (χ2v) is 5.61. The molecular formula is C14H18N4O3. The van der Waals surface area contributed by atoms with Crippen molar-refractivity contribution in [2.24, 2.45) is 5.92 Å². The van der Waals surface area contributed by atoms with Gasteiger partial charge in [-0.3, -0.25) is 4.98 Å². The molecule has 7 heteroatoms. The number of carboxylic acids is 1. The smallest absolute Gasteiger partial charge is 0.337 e. The van der Waals surface area contributed by atoms with Gasteiger partial charge in [0.1, 0.15) is 0 Å². The van der Waals surface area contributed by atoms with Crippen LogP contribution in [0.3, 0.4) is 0 Å². The molecule has 1 aromatic rings. The van der Waals surface area contributed by atoms with Crippen LogP contribution in [0.25, 0.3) is 0 Å². The van der Waals surface area contributed by atoms with E-state index in [0.29, 0.717) is 11.6 Å². The molecule has 0 radical (unpaired) electrons. The second-order valence-electron chi connectivity index (χ2n) is 5.61. The zero-order chi connectivity index (χ0) is 14.8. The van der Waals surface area contributed by atoms with Crippen molar-refractivity contribution in [1.29, 1.82) is 0 Å².